The molecule has 0 aromatic heterocycles. The number of halogens is 1. The van der Waals surface area contributed by atoms with Crippen molar-refractivity contribution >= 4 is 17.7 Å². The lowest BCUT2D eigenvalue weighted by atomic mass is 10.2. The van der Waals surface area contributed by atoms with Gasteiger partial charge in [0.25, 0.3) is 5.91 Å². The van der Waals surface area contributed by atoms with Crippen molar-refractivity contribution in [1.29, 1.82) is 0 Å². The van der Waals surface area contributed by atoms with E-state index in [1.807, 2.05) is 6.26 Å². The van der Waals surface area contributed by atoms with Gasteiger partial charge in [0.15, 0.2) is 0 Å². The van der Waals surface area contributed by atoms with E-state index in [1.54, 1.807) is 6.07 Å². The predicted octanol–water partition coefficient (Wildman–Crippen LogP) is 2.44. The zero-order chi connectivity index (χ0) is 10.8. The minimum absolute atomic E-state index is 0.174. The third-order valence-corrected chi connectivity index (χ3v) is 2.99. The smallest absolute Gasteiger partial charge is 0.251 e. The Bertz CT molecular complexity index is 390. The first-order valence-corrected chi connectivity index (χ1v) is 6.07. The van der Waals surface area contributed by atoms with Crippen molar-refractivity contribution in [3.05, 3.63) is 29.6 Å². The standard InChI is InChI=1S/C11H12FNOS/c1-15-10-5-7(4-8(12)6-10)11(14)13-9-2-3-9/h4-6,9H,2-3H2,1H3,(H,13,14). The number of carbonyl (C=O) groups is 1. The molecule has 2 nitrogen and oxygen atoms in total. The van der Waals surface area contributed by atoms with Crippen LogP contribution < -0.4 is 5.32 Å². The van der Waals surface area contributed by atoms with Gasteiger partial charge in [-0.3, -0.25) is 4.79 Å². The van der Waals surface area contributed by atoms with E-state index in [2.05, 4.69) is 5.32 Å². The van der Waals surface area contributed by atoms with Crippen molar-refractivity contribution in [1.82, 2.24) is 5.32 Å². The fourth-order valence-electron chi connectivity index (χ4n) is 1.31. The highest BCUT2D eigenvalue weighted by Gasteiger charge is 2.24. The van der Waals surface area contributed by atoms with Crippen molar-refractivity contribution in [2.24, 2.45) is 0 Å². The Morgan fingerprint density at radius 1 is 1.47 bits per heavy atom. The van der Waals surface area contributed by atoms with Gasteiger partial charge in [-0.15, -0.1) is 11.8 Å². The molecule has 2 rings (SSSR count). The molecule has 1 saturated carbocycles. The first-order chi connectivity index (χ1) is 7.19. The highest BCUT2D eigenvalue weighted by Crippen LogP contribution is 2.21. The van der Waals surface area contributed by atoms with Gasteiger partial charge in [-0.05, 0) is 37.3 Å². The molecule has 4 heteroatoms. The molecule has 1 aromatic carbocycles. The van der Waals surface area contributed by atoms with E-state index in [9.17, 15) is 9.18 Å². The van der Waals surface area contributed by atoms with Crippen LogP contribution in [0.25, 0.3) is 0 Å². The van der Waals surface area contributed by atoms with Crippen molar-refractivity contribution in [2.45, 2.75) is 23.8 Å². The van der Waals surface area contributed by atoms with Crippen molar-refractivity contribution < 1.29 is 9.18 Å². The molecular formula is C11H12FNOS. The topological polar surface area (TPSA) is 29.1 Å². The molecule has 0 atom stereocenters. The third-order valence-electron chi connectivity index (χ3n) is 2.28. The number of hydrogen-bond donors (Lipinski definition) is 1. The van der Waals surface area contributed by atoms with Crippen molar-refractivity contribution in [3.63, 3.8) is 0 Å². The zero-order valence-corrected chi connectivity index (χ0v) is 9.23. The Balaban J connectivity index is 2.17. The number of thioether (sulfide) groups is 1. The van der Waals surface area contributed by atoms with Crippen LogP contribution in [-0.2, 0) is 0 Å². The summed E-state index contributed by atoms with van der Waals surface area (Å²) in [5.74, 6) is -0.532. The molecule has 1 aliphatic rings. The van der Waals surface area contributed by atoms with Crippen LogP contribution in [0.1, 0.15) is 23.2 Å². The average Bonchev–Trinajstić information content (AvgIpc) is 3.00. The number of nitrogens with one attached hydrogen (secondary N) is 1. The molecule has 15 heavy (non-hydrogen) atoms. The SMILES string of the molecule is CSc1cc(F)cc(C(=O)NC2CC2)c1. The van der Waals surface area contributed by atoms with E-state index >= 15 is 0 Å². The fraction of sp³-hybridized carbons (Fsp3) is 0.364. The van der Waals surface area contributed by atoms with Crippen LogP contribution in [0.2, 0.25) is 0 Å². The maximum absolute atomic E-state index is 13.1. The highest BCUT2D eigenvalue weighted by atomic mass is 32.2. The summed E-state index contributed by atoms with van der Waals surface area (Å²) in [4.78, 5) is 12.4. The number of rotatable bonds is 3. The average molecular weight is 225 g/mol. The molecule has 1 amide bonds. The van der Waals surface area contributed by atoms with E-state index in [0.29, 0.717) is 11.6 Å². The highest BCUT2D eigenvalue weighted by molar-refractivity contribution is 7.98. The van der Waals surface area contributed by atoms with Crippen LogP contribution in [0.3, 0.4) is 0 Å². The molecule has 0 bridgehead atoms. The minimum atomic E-state index is -0.359. The number of benzene rings is 1. The predicted molar refractivity (Wildman–Crippen MR) is 58.7 cm³/mol. The normalized spacial score (nSPS) is 15.1. The van der Waals surface area contributed by atoms with Crippen molar-refractivity contribution in [2.75, 3.05) is 6.26 Å². The molecule has 80 valence electrons. The maximum atomic E-state index is 13.1. The Morgan fingerprint density at radius 2 is 2.20 bits per heavy atom. The largest absolute Gasteiger partial charge is 0.349 e. The van der Waals surface area contributed by atoms with Crippen LogP contribution in [0.5, 0.6) is 0 Å². The number of amides is 1. The van der Waals surface area contributed by atoms with Crippen molar-refractivity contribution in [3.8, 4) is 0 Å². The summed E-state index contributed by atoms with van der Waals surface area (Å²) in [6.45, 7) is 0. The summed E-state index contributed by atoms with van der Waals surface area (Å²) < 4.78 is 13.1. The molecule has 1 fully saturated rings. The Hall–Kier alpha value is -1.03. The third kappa shape index (κ3) is 2.72. The number of hydrogen-bond acceptors (Lipinski definition) is 2. The second-order valence-corrected chi connectivity index (χ2v) is 4.51. The second kappa shape index (κ2) is 4.23. The zero-order valence-electron chi connectivity index (χ0n) is 8.42. The summed E-state index contributed by atoms with van der Waals surface area (Å²) in [5, 5.41) is 2.83. The lowest BCUT2D eigenvalue weighted by Gasteiger charge is -2.05. The van der Waals surface area contributed by atoms with E-state index in [-0.39, 0.29) is 11.7 Å². The molecular weight excluding hydrogens is 213 g/mol. The molecule has 1 aromatic rings. The van der Waals surface area contributed by atoms with Gasteiger partial charge in [-0.2, -0.15) is 0 Å². The van der Waals surface area contributed by atoms with Gasteiger partial charge in [0.05, 0.1) is 0 Å². The minimum Gasteiger partial charge on any atom is -0.349 e. The van der Waals surface area contributed by atoms with E-state index in [4.69, 9.17) is 0 Å². The van der Waals surface area contributed by atoms with Crippen LogP contribution >= 0.6 is 11.8 Å². The van der Waals surface area contributed by atoms with Crippen LogP contribution in [0.15, 0.2) is 23.1 Å². The van der Waals surface area contributed by atoms with Crippen LogP contribution in [0, 0.1) is 5.82 Å². The van der Waals surface area contributed by atoms with Gasteiger partial charge in [0.1, 0.15) is 5.82 Å². The van der Waals surface area contributed by atoms with Gasteiger partial charge in [-0.25, -0.2) is 4.39 Å². The van der Waals surface area contributed by atoms with Gasteiger partial charge in [0, 0.05) is 16.5 Å². The molecule has 0 saturated heterocycles. The summed E-state index contributed by atoms with van der Waals surface area (Å²) in [6, 6.07) is 4.72. The summed E-state index contributed by atoms with van der Waals surface area (Å²) >= 11 is 1.43. The van der Waals surface area contributed by atoms with Gasteiger partial charge in [-0.1, -0.05) is 0 Å². The quantitative estimate of drug-likeness (QED) is 0.800. The van der Waals surface area contributed by atoms with Crippen LogP contribution in [-0.4, -0.2) is 18.2 Å². The van der Waals surface area contributed by atoms with Gasteiger partial charge >= 0.3 is 0 Å². The summed E-state index contributed by atoms with van der Waals surface area (Å²) in [5.41, 5.74) is 0.409. The number of carbonyl (C=O) groups excluding carboxylic acids is 1. The molecule has 0 radical (unpaired) electrons. The first-order valence-electron chi connectivity index (χ1n) is 4.84. The van der Waals surface area contributed by atoms with Gasteiger partial charge < -0.3 is 5.32 Å². The molecule has 0 heterocycles. The molecule has 0 unspecified atom stereocenters. The second-order valence-electron chi connectivity index (χ2n) is 3.63. The molecule has 0 spiro atoms. The Kier molecular flexibility index (Phi) is 2.95. The Labute approximate surface area is 92.3 Å². The summed E-state index contributed by atoms with van der Waals surface area (Å²) in [7, 11) is 0. The monoisotopic (exact) mass is 225 g/mol. The lowest BCUT2D eigenvalue weighted by molar-refractivity contribution is 0.0950. The van der Waals surface area contributed by atoms with Gasteiger partial charge in [0.2, 0.25) is 0 Å². The van der Waals surface area contributed by atoms with E-state index < -0.39 is 0 Å². The van der Waals surface area contributed by atoms with E-state index in [0.717, 1.165) is 17.7 Å². The summed E-state index contributed by atoms with van der Waals surface area (Å²) in [6.07, 6.45) is 3.93. The molecule has 0 aliphatic heterocycles. The molecule has 1 N–H and O–H groups in total. The molecule has 1 aliphatic carbocycles. The van der Waals surface area contributed by atoms with Crippen LogP contribution in [0.4, 0.5) is 4.39 Å². The Morgan fingerprint density at radius 3 is 2.80 bits per heavy atom. The maximum Gasteiger partial charge on any atom is 0.251 e. The van der Waals surface area contributed by atoms with E-state index in [1.165, 1.54) is 23.9 Å². The first kappa shape index (κ1) is 10.5. The fourth-order valence-corrected chi connectivity index (χ4v) is 1.78. The lowest BCUT2D eigenvalue weighted by Crippen LogP contribution is -2.25.